The Hall–Kier alpha value is -1.05. The molecular weight excluding hydrogens is 393 g/mol. The van der Waals surface area contributed by atoms with Crippen molar-refractivity contribution in [3.8, 4) is 0 Å². The van der Waals surface area contributed by atoms with Crippen LogP contribution in [0.25, 0.3) is 0 Å². The molecular formula is C9H3F15. The molecule has 0 amide bonds. The molecule has 0 aromatic rings. The lowest BCUT2D eigenvalue weighted by Crippen LogP contribution is -2.90. The minimum atomic E-state index is -7.89. The lowest BCUT2D eigenvalue weighted by molar-refractivity contribution is -0.502. The Labute approximate surface area is 121 Å². The fourth-order valence-corrected chi connectivity index (χ4v) is 2.35. The highest BCUT2D eigenvalue weighted by atomic mass is 19.4. The summed E-state index contributed by atoms with van der Waals surface area (Å²) >= 11 is 0. The maximum absolute atomic E-state index is 13.8. The van der Waals surface area contributed by atoms with Crippen LogP contribution < -0.4 is 0 Å². The molecule has 0 radical (unpaired) electrons. The third-order valence-corrected chi connectivity index (χ3v) is 3.73. The monoisotopic (exact) mass is 396 g/mol. The van der Waals surface area contributed by atoms with Crippen LogP contribution in [0.5, 0.6) is 0 Å². The fourth-order valence-electron chi connectivity index (χ4n) is 2.35. The van der Waals surface area contributed by atoms with Gasteiger partial charge in [-0.05, 0) is 6.92 Å². The SMILES string of the molecule is CC1(F)C(F)(C(F)(F)F)C(F)(F)C(F)(F)C(F)(F)C1(F)C(F)(F)F. The van der Waals surface area contributed by atoms with Gasteiger partial charge in [0.1, 0.15) is 0 Å². The Kier molecular flexibility index (Phi) is 3.82. The second-order valence-corrected chi connectivity index (χ2v) is 5.04. The van der Waals surface area contributed by atoms with E-state index in [9.17, 15) is 65.9 Å². The van der Waals surface area contributed by atoms with Crippen LogP contribution >= 0.6 is 0 Å². The predicted octanol–water partition coefficient (Wildman–Crippen LogP) is 5.18. The van der Waals surface area contributed by atoms with Gasteiger partial charge in [0.05, 0.1) is 0 Å². The van der Waals surface area contributed by atoms with E-state index in [2.05, 4.69) is 0 Å². The van der Waals surface area contributed by atoms with Crippen LogP contribution in [0, 0.1) is 0 Å². The van der Waals surface area contributed by atoms with E-state index in [0.717, 1.165) is 0 Å². The van der Waals surface area contributed by atoms with Crippen molar-refractivity contribution < 1.29 is 65.9 Å². The van der Waals surface area contributed by atoms with E-state index in [4.69, 9.17) is 0 Å². The topological polar surface area (TPSA) is 0 Å². The minimum Gasteiger partial charge on any atom is -0.236 e. The van der Waals surface area contributed by atoms with Crippen molar-refractivity contribution in [3.63, 3.8) is 0 Å². The first kappa shape index (κ1) is 21.0. The van der Waals surface area contributed by atoms with E-state index in [-0.39, 0.29) is 0 Å². The van der Waals surface area contributed by atoms with Gasteiger partial charge in [-0.15, -0.1) is 0 Å². The number of alkyl halides is 15. The Balaban J connectivity index is 4.14. The Morgan fingerprint density at radius 2 is 0.667 bits per heavy atom. The van der Waals surface area contributed by atoms with Crippen molar-refractivity contribution in [3.05, 3.63) is 0 Å². The Morgan fingerprint density at radius 3 is 0.833 bits per heavy atom. The van der Waals surface area contributed by atoms with Gasteiger partial charge in [0, 0.05) is 0 Å². The van der Waals surface area contributed by atoms with Crippen molar-refractivity contribution >= 4 is 0 Å². The summed E-state index contributed by atoms with van der Waals surface area (Å²) < 4.78 is 194. The predicted molar refractivity (Wildman–Crippen MR) is 44.1 cm³/mol. The molecule has 0 bridgehead atoms. The van der Waals surface area contributed by atoms with Gasteiger partial charge in [-0.2, -0.15) is 52.7 Å². The molecule has 0 aromatic heterocycles. The molecule has 0 nitrogen and oxygen atoms in total. The first-order valence-electron chi connectivity index (χ1n) is 5.33. The summed E-state index contributed by atoms with van der Waals surface area (Å²) in [5, 5.41) is 0. The van der Waals surface area contributed by atoms with Gasteiger partial charge in [0.15, 0.2) is 0 Å². The number of rotatable bonds is 0. The smallest absolute Gasteiger partial charge is 0.236 e. The van der Waals surface area contributed by atoms with E-state index in [1.54, 1.807) is 0 Å². The zero-order valence-electron chi connectivity index (χ0n) is 10.7. The Morgan fingerprint density at radius 1 is 0.458 bits per heavy atom. The van der Waals surface area contributed by atoms with Gasteiger partial charge >= 0.3 is 41.5 Å². The first-order chi connectivity index (χ1) is 10.0. The van der Waals surface area contributed by atoms with Crippen LogP contribution in [-0.2, 0) is 0 Å². The lowest BCUT2D eigenvalue weighted by atomic mass is 9.60. The molecule has 144 valence electrons. The summed E-state index contributed by atoms with van der Waals surface area (Å²) in [6, 6.07) is 0. The van der Waals surface area contributed by atoms with Gasteiger partial charge in [-0.25, -0.2) is 13.2 Å². The second-order valence-electron chi connectivity index (χ2n) is 5.04. The molecule has 1 saturated carbocycles. The molecule has 0 N–H and O–H groups in total. The maximum Gasteiger partial charge on any atom is 0.432 e. The molecule has 1 rings (SSSR count). The molecule has 2 atom stereocenters. The zero-order chi connectivity index (χ0) is 20.0. The summed E-state index contributed by atoms with van der Waals surface area (Å²) in [6.45, 7) is -1.58. The van der Waals surface area contributed by atoms with Gasteiger partial charge in [0.25, 0.3) is 0 Å². The van der Waals surface area contributed by atoms with Crippen LogP contribution in [0.2, 0.25) is 0 Å². The van der Waals surface area contributed by atoms with E-state index >= 15 is 0 Å². The highest BCUT2D eigenvalue weighted by molar-refractivity contribution is 5.34. The van der Waals surface area contributed by atoms with Crippen molar-refractivity contribution in [2.75, 3.05) is 0 Å². The van der Waals surface area contributed by atoms with Crippen LogP contribution in [0.3, 0.4) is 0 Å². The molecule has 0 heterocycles. The van der Waals surface area contributed by atoms with E-state index in [1.807, 2.05) is 0 Å². The highest BCUT2D eigenvalue weighted by Gasteiger charge is 3.06. The van der Waals surface area contributed by atoms with Crippen molar-refractivity contribution in [2.24, 2.45) is 0 Å². The summed E-state index contributed by atoms with van der Waals surface area (Å²) in [7, 11) is 0. The van der Waals surface area contributed by atoms with Gasteiger partial charge < -0.3 is 0 Å². The molecule has 24 heavy (non-hydrogen) atoms. The standard InChI is InChI=1S/C9H3F15/c1-2(10)3(11,8(19,20)21)5(13,14)7(17,18)6(15,16)4(2,12)9(22,23)24/h1H3. The number of hydrogen-bond acceptors (Lipinski definition) is 0. The summed E-state index contributed by atoms with van der Waals surface area (Å²) in [5.74, 6) is -23.5. The van der Waals surface area contributed by atoms with Crippen LogP contribution in [0.4, 0.5) is 65.9 Å². The average Bonchev–Trinajstić information content (AvgIpc) is 2.31. The molecule has 1 aliphatic rings. The Bertz CT molecular complexity index is 480. The number of halogens is 15. The molecule has 1 aliphatic carbocycles. The summed E-state index contributed by atoms with van der Waals surface area (Å²) in [6.07, 6.45) is -15.2. The summed E-state index contributed by atoms with van der Waals surface area (Å²) in [4.78, 5) is 0. The van der Waals surface area contributed by atoms with Gasteiger partial charge in [0.2, 0.25) is 5.67 Å². The second kappa shape index (κ2) is 4.37. The van der Waals surface area contributed by atoms with Crippen molar-refractivity contribution in [1.29, 1.82) is 0 Å². The molecule has 0 aromatic carbocycles. The number of hydrogen-bond donors (Lipinski definition) is 0. The van der Waals surface area contributed by atoms with Crippen LogP contribution in [0.15, 0.2) is 0 Å². The van der Waals surface area contributed by atoms with Crippen molar-refractivity contribution in [2.45, 2.75) is 54.1 Å². The fraction of sp³-hybridized carbons (Fsp3) is 1.00. The lowest BCUT2D eigenvalue weighted by Gasteiger charge is -2.57. The van der Waals surface area contributed by atoms with Gasteiger partial charge in [-0.3, -0.25) is 0 Å². The highest BCUT2D eigenvalue weighted by Crippen LogP contribution is 2.74. The molecule has 0 aliphatic heterocycles. The van der Waals surface area contributed by atoms with Crippen molar-refractivity contribution in [1.82, 2.24) is 0 Å². The van der Waals surface area contributed by atoms with E-state index < -0.39 is 54.1 Å². The average molecular weight is 396 g/mol. The molecule has 0 spiro atoms. The minimum absolute atomic E-state index is 1.58. The molecule has 2 unspecified atom stereocenters. The maximum atomic E-state index is 13.8. The first-order valence-corrected chi connectivity index (χ1v) is 5.33. The third kappa shape index (κ3) is 1.66. The van der Waals surface area contributed by atoms with E-state index in [0.29, 0.717) is 0 Å². The van der Waals surface area contributed by atoms with Crippen LogP contribution in [0.1, 0.15) is 6.92 Å². The van der Waals surface area contributed by atoms with E-state index in [1.165, 1.54) is 0 Å². The normalized spacial score (nSPS) is 42.0. The molecule has 15 heteroatoms. The summed E-state index contributed by atoms with van der Waals surface area (Å²) in [5.41, 5.74) is -22.2. The van der Waals surface area contributed by atoms with Crippen LogP contribution in [-0.4, -0.2) is 47.1 Å². The molecule has 1 fully saturated rings. The third-order valence-electron chi connectivity index (χ3n) is 3.73. The quantitative estimate of drug-likeness (QED) is 0.496. The zero-order valence-corrected chi connectivity index (χ0v) is 10.7. The van der Waals surface area contributed by atoms with Gasteiger partial charge in [-0.1, -0.05) is 0 Å². The largest absolute Gasteiger partial charge is 0.432 e. The molecule has 0 saturated heterocycles.